The maximum atomic E-state index is 3.36. The molecular weight excluding hydrogens is 176 g/mol. The monoisotopic (exact) mass is 182 g/mol. The Kier molecular flexibility index (Phi) is 2.52. The van der Waals surface area contributed by atoms with Crippen molar-refractivity contribution < 1.29 is 0 Å². The van der Waals surface area contributed by atoms with E-state index in [1.165, 1.54) is 0 Å². The first kappa shape index (κ1) is 6.56. The van der Waals surface area contributed by atoms with Gasteiger partial charge in [-0.15, -0.1) is 0 Å². The van der Waals surface area contributed by atoms with Gasteiger partial charge < -0.3 is 0 Å². The molecule has 1 heteroatoms. The van der Waals surface area contributed by atoms with Crippen LogP contribution in [-0.2, 0) is 0 Å². The van der Waals surface area contributed by atoms with Gasteiger partial charge in [-0.25, -0.2) is 0 Å². The van der Waals surface area contributed by atoms with Crippen molar-refractivity contribution in [3.05, 3.63) is 47.0 Å². The van der Waals surface area contributed by atoms with Crippen molar-refractivity contribution in [1.29, 1.82) is 0 Å². The van der Waals surface area contributed by atoms with Gasteiger partial charge in [0.05, 0.1) is 0 Å². The molecule has 1 aliphatic carbocycles. The van der Waals surface area contributed by atoms with E-state index in [1.54, 1.807) is 0 Å². The normalized spacial score (nSPS) is 16.8. The highest BCUT2D eigenvalue weighted by Crippen LogP contribution is 2.07. The third kappa shape index (κ3) is 2.47. The number of allylic oxidation sites excluding steroid dienone is 8. The van der Waals surface area contributed by atoms with Crippen LogP contribution >= 0.6 is 15.9 Å². The van der Waals surface area contributed by atoms with Crippen molar-refractivity contribution in [2.45, 2.75) is 0 Å². The fourth-order valence-electron chi connectivity index (χ4n) is 0.543. The summed E-state index contributed by atoms with van der Waals surface area (Å²) in [6.07, 6.45) is 14.0. The number of rotatable bonds is 0. The first-order chi connectivity index (χ1) is 4.39. The highest BCUT2D eigenvalue weighted by Gasteiger charge is 1.79. The van der Waals surface area contributed by atoms with Crippen LogP contribution in [0.1, 0.15) is 0 Å². The molecule has 0 aliphatic heterocycles. The average molecular weight is 183 g/mol. The van der Waals surface area contributed by atoms with E-state index in [9.17, 15) is 0 Å². The molecule has 1 rings (SSSR count). The molecule has 0 aromatic rings. The minimum Gasteiger partial charge on any atom is -0.0623 e. The molecule has 0 spiro atoms. The van der Waals surface area contributed by atoms with E-state index in [0.717, 1.165) is 4.48 Å². The summed E-state index contributed by atoms with van der Waals surface area (Å²) >= 11 is 3.36. The van der Waals surface area contributed by atoms with Gasteiger partial charge in [-0.1, -0.05) is 46.3 Å². The van der Waals surface area contributed by atoms with Crippen LogP contribution in [0, 0.1) is 0 Å². The van der Waals surface area contributed by atoms with Gasteiger partial charge in [0, 0.05) is 4.48 Å². The Balaban J connectivity index is 2.77. The van der Waals surface area contributed by atoms with E-state index in [4.69, 9.17) is 0 Å². The van der Waals surface area contributed by atoms with Gasteiger partial charge in [-0.2, -0.15) is 0 Å². The summed E-state index contributed by atoms with van der Waals surface area (Å²) < 4.78 is 1.10. The van der Waals surface area contributed by atoms with Crippen molar-refractivity contribution in [3.8, 4) is 0 Å². The number of halogens is 1. The molecule has 9 heavy (non-hydrogen) atoms. The molecule has 46 valence electrons. The molecule has 0 aromatic heterocycles. The minimum atomic E-state index is 1.10. The molecule has 0 aromatic carbocycles. The molecule has 0 radical (unpaired) electrons. The van der Waals surface area contributed by atoms with E-state index in [2.05, 4.69) is 15.9 Å². The van der Waals surface area contributed by atoms with Gasteiger partial charge in [0.1, 0.15) is 0 Å². The second-order valence-corrected chi connectivity index (χ2v) is 2.60. The lowest BCUT2D eigenvalue weighted by atomic mass is 10.3. The number of hydrogen-bond donors (Lipinski definition) is 0. The van der Waals surface area contributed by atoms with Crippen LogP contribution in [0.25, 0.3) is 0 Å². The highest BCUT2D eigenvalue weighted by molar-refractivity contribution is 9.11. The lowest BCUT2D eigenvalue weighted by Gasteiger charge is -1.85. The maximum absolute atomic E-state index is 3.36. The largest absolute Gasteiger partial charge is 0.0623 e. The van der Waals surface area contributed by atoms with E-state index in [0.29, 0.717) is 0 Å². The molecule has 0 bridgehead atoms. The summed E-state index contributed by atoms with van der Waals surface area (Å²) in [5.74, 6) is 0. The fourth-order valence-corrected chi connectivity index (χ4v) is 0.848. The summed E-state index contributed by atoms with van der Waals surface area (Å²) in [6, 6.07) is 0. The Morgan fingerprint density at radius 2 is 1.56 bits per heavy atom. The zero-order valence-corrected chi connectivity index (χ0v) is 6.51. The third-order valence-corrected chi connectivity index (χ3v) is 1.48. The van der Waals surface area contributed by atoms with Crippen molar-refractivity contribution in [2.24, 2.45) is 0 Å². The zero-order chi connectivity index (χ0) is 6.53. The van der Waals surface area contributed by atoms with Crippen LogP contribution in [0.5, 0.6) is 0 Å². The Labute approximate surface area is 63.4 Å². The van der Waals surface area contributed by atoms with Gasteiger partial charge in [0.25, 0.3) is 0 Å². The zero-order valence-electron chi connectivity index (χ0n) is 4.92. The standard InChI is InChI=1S/C8H7Br/c9-8-6-4-2-1-3-5-7-8/h1-7H. The molecule has 0 amide bonds. The van der Waals surface area contributed by atoms with Crippen LogP contribution in [0.3, 0.4) is 0 Å². The molecule has 0 saturated heterocycles. The van der Waals surface area contributed by atoms with Gasteiger partial charge in [0.15, 0.2) is 0 Å². The van der Waals surface area contributed by atoms with Gasteiger partial charge >= 0.3 is 0 Å². The highest BCUT2D eigenvalue weighted by atomic mass is 79.9. The van der Waals surface area contributed by atoms with Gasteiger partial charge in [0.2, 0.25) is 0 Å². The van der Waals surface area contributed by atoms with Crippen molar-refractivity contribution >= 4 is 15.9 Å². The molecule has 0 heterocycles. The summed E-state index contributed by atoms with van der Waals surface area (Å²) in [5.41, 5.74) is 0. The molecule has 0 N–H and O–H groups in total. The Hall–Kier alpha value is -0.560. The topological polar surface area (TPSA) is 0 Å². The van der Waals surface area contributed by atoms with E-state index < -0.39 is 0 Å². The summed E-state index contributed by atoms with van der Waals surface area (Å²) in [7, 11) is 0. The predicted molar refractivity (Wildman–Crippen MR) is 44.4 cm³/mol. The first-order valence-corrected chi connectivity index (χ1v) is 3.56. The van der Waals surface area contributed by atoms with Crippen LogP contribution < -0.4 is 0 Å². The number of hydrogen-bond acceptors (Lipinski definition) is 0. The van der Waals surface area contributed by atoms with E-state index >= 15 is 0 Å². The van der Waals surface area contributed by atoms with Crippen molar-refractivity contribution in [2.75, 3.05) is 0 Å². The smallest absolute Gasteiger partial charge is 0.0175 e. The quantitative estimate of drug-likeness (QED) is 0.541. The average Bonchev–Trinajstić information content (AvgIpc) is 1.79. The van der Waals surface area contributed by atoms with Crippen LogP contribution in [0.4, 0.5) is 0 Å². The summed E-state index contributed by atoms with van der Waals surface area (Å²) in [5, 5.41) is 0. The summed E-state index contributed by atoms with van der Waals surface area (Å²) in [6.45, 7) is 0. The SMILES string of the molecule is BrC1=CC=CC=CC=C1. The van der Waals surface area contributed by atoms with Gasteiger partial charge in [-0.05, 0) is 12.2 Å². The molecule has 0 saturated carbocycles. The Bertz CT molecular complexity index is 195. The van der Waals surface area contributed by atoms with Crippen LogP contribution in [0.15, 0.2) is 47.0 Å². The lowest BCUT2D eigenvalue weighted by Crippen LogP contribution is -1.62. The Morgan fingerprint density at radius 3 is 2.44 bits per heavy atom. The van der Waals surface area contributed by atoms with Crippen molar-refractivity contribution in [3.63, 3.8) is 0 Å². The second kappa shape index (κ2) is 3.46. The molecule has 0 fully saturated rings. The Morgan fingerprint density at radius 1 is 0.889 bits per heavy atom. The second-order valence-electron chi connectivity index (χ2n) is 1.68. The van der Waals surface area contributed by atoms with E-state index in [1.807, 2.05) is 42.5 Å². The first-order valence-electron chi connectivity index (χ1n) is 2.77. The molecular formula is C8H7Br. The summed E-state index contributed by atoms with van der Waals surface area (Å²) in [4.78, 5) is 0. The molecule has 0 unspecified atom stereocenters. The minimum absolute atomic E-state index is 1.10. The maximum Gasteiger partial charge on any atom is 0.0175 e. The fraction of sp³-hybridized carbons (Fsp3) is 0. The van der Waals surface area contributed by atoms with Gasteiger partial charge in [-0.3, -0.25) is 0 Å². The third-order valence-electron chi connectivity index (χ3n) is 0.955. The van der Waals surface area contributed by atoms with Crippen LogP contribution in [-0.4, -0.2) is 0 Å². The van der Waals surface area contributed by atoms with E-state index in [-0.39, 0.29) is 0 Å². The lowest BCUT2D eigenvalue weighted by molar-refractivity contribution is 1.79. The molecule has 1 aliphatic rings. The predicted octanol–water partition coefficient (Wildman–Crippen LogP) is 2.95. The van der Waals surface area contributed by atoms with Crippen LogP contribution in [0.2, 0.25) is 0 Å². The van der Waals surface area contributed by atoms with Crippen molar-refractivity contribution in [1.82, 2.24) is 0 Å². The molecule has 0 nitrogen and oxygen atoms in total. The molecule has 0 atom stereocenters.